The van der Waals surface area contributed by atoms with Gasteiger partial charge in [0.05, 0.1) is 12.6 Å². The zero-order valence-corrected chi connectivity index (χ0v) is 12.8. The van der Waals surface area contributed by atoms with E-state index in [1.54, 1.807) is 0 Å². The SMILES string of the molecule is CCN(C(=O)CNC(=O)[C@@H](N)C(C)C)C1CCC1.Cl. The van der Waals surface area contributed by atoms with Crippen molar-refractivity contribution in [1.82, 2.24) is 10.2 Å². The first kappa shape index (κ1) is 18.2. The second-order valence-electron chi connectivity index (χ2n) is 5.25. The molecule has 1 aliphatic carbocycles. The van der Waals surface area contributed by atoms with Crippen LogP contribution < -0.4 is 11.1 Å². The number of nitrogens with one attached hydrogen (secondary N) is 1. The lowest BCUT2D eigenvalue weighted by atomic mass is 9.91. The molecule has 6 heteroatoms. The van der Waals surface area contributed by atoms with Gasteiger partial charge in [0, 0.05) is 12.6 Å². The minimum Gasteiger partial charge on any atom is -0.346 e. The summed E-state index contributed by atoms with van der Waals surface area (Å²) in [5.41, 5.74) is 5.72. The largest absolute Gasteiger partial charge is 0.346 e. The van der Waals surface area contributed by atoms with E-state index in [1.807, 2.05) is 25.7 Å². The Morgan fingerprint density at radius 2 is 1.95 bits per heavy atom. The molecule has 1 atom stereocenters. The summed E-state index contributed by atoms with van der Waals surface area (Å²) in [6, 6.07) is -0.172. The first-order valence-electron chi connectivity index (χ1n) is 6.80. The van der Waals surface area contributed by atoms with Crippen LogP contribution >= 0.6 is 12.4 Å². The third-order valence-corrected chi connectivity index (χ3v) is 3.61. The second-order valence-corrected chi connectivity index (χ2v) is 5.25. The molecule has 0 aromatic carbocycles. The molecule has 19 heavy (non-hydrogen) atoms. The van der Waals surface area contributed by atoms with Gasteiger partial charge in [0.25, 0.3) is 0 Å². The number of rotatable bonds is 6. The van der Waals surface area contributed by atoms with Gasteiger partial charge in [0.15, 0.2) is 0 Å². The maximum atomic E-state index is 12.0. The molecular weight excluding hydrogens is 266 g/mol. The van der Waals surface area contributed by atoms with Crippen molar-refractivity contribution in [2.45, 2.75) is 52.1 Å². The van der Waals surface area contributed by atoms with Crippen LogP contribution in [0.2, 0.25) is 0 Å². The average Bonchev–Trinajstić information content (AvgIpc) is 2.28. The maximum absolute atomic E-state index is 12.0. The molecule has 0 heterocycles. The monoisotopic (exact) mass is 291 g/mol. The molecule has 0 unspecified atom stereocenters. The zero-order valence-electron chi connectivity index (χ0n) is 12.0. The Kier molecular flexibility index (Phi) is 8.02. The van der Waals surface area contributed by atoms with Crippen molar-refractivity contribution >= 4 is 24.2 Å². The average molecular weight is 292 g/mol. The van der Waals surface area contributed by atoms with Crippen molar-refractivity contribution in [1.29, 1.82) is 0 Å². The van der Waals surface area contributed by atoms with E-state index in [0.29, 0.717) is 12.6 Å². The molecule has 3 N–H and O–H groups in total. The van der Waals surface area contributed by atoms with Crippen LogP contribution in [0.1, 0.15) is 40.0 Å². The first-order chi connectivity index (χ1) is 8.47. The fourth-order valence-corrected chi connectivity index (χ4v) is 2.02. The summed E-state index contributed by atoms with van der Waals surface area (Å²) in [5, 5.41) is 2.63. The fraction of sp³-hybridized carbons (Fsp3) is 0.846. The third kappa shape index (κ3) is 4.99. The number of carbonyl (C=O) groups is 2. The molecule has 0 aromatic heterocycles. The fourth-order valence-electron chi connectivity index (χ4n) is 2.02. The van der Waals surface area contributed by atoms with E-state index in [4.69, 9.17) is 5.73 Å². The highest BCUT2D eigenvalue weighted by Gasteiger charge is 2.27. The number of nitrogens with two attached hydrogens (primary N) is 1. The molecule has 0 aliphatic heterocycles. The van der Waals surface area contributed by atoms with E-state index in [-0.39, 0.29) is 36.7 Å². The van der Waals surface area contributed by atoms with Crippen molar-refractivity contribution in [3.05, 3.63) is 0 Å². The van der Waals surface area contributed by atoms with E-state index in [2.05, 4.69) is 5.32 Å². The van der Waals surface area contributed by atoms with Gasteiger partial charge in [0.1, 0.15) is 0 Å². The highest BCUT2D eigenvalue weighted by atomic mass is 35.5. The number of nitrogens with zero attached hydrogens (tertiary/aromatic N) is 1. The summed E-state index contributed by atoms with van der Waals surface area (Å²) in [5.74, 6) is -0.177. The molecule has 0 aromatic rings. The summed E-state index contributed by atoms with van der Waals surface area (Å²) in [6.07, 6.45) is 3.36. The molecule has 1 aliphatic rings. The summed E-state index contributed by atoms with van der Waals surface area (Å²) in [7, 11) is 0. The van der Waals surface area contributed by atoms with E-state index < -0.39 is 6.04 Å². The lowest BCUT2D eigenvalue weighted by Gasteiger charge is -2.37. The van der Waals surface area contributed by atoms with Crippen LogP contribution in [-0.2, 0) is 9.59 Å². The van der Waals surface area contributed by atoms with Crippen molar-refractivity contribution < 1.29 is 9.59 Å². The minimum atomic E-state index is -0.545. The van der Waals surface area contributed by atoms with Crippen molar-refractivity contribution in [3.63, 3.8) is 0 Å². The van der Waals surface area contributed by atoms with E-state index in [9.17, 15) is 9.59 Å². The van der Waals surface area contributed by atoms with Gasteiger partial charge in [-0.3, -0.25) is 9.59 Å². The van der Waals surface area contributed by atoms with Crippen LogP contribution in [-0.4, -0.2) is 41.9 Å². The van der Waals surface area contributed by atoms with Crippen LogP contribution in [0.4, 0.5) is 0 Å². The predicted octanol–water partition coefficient (Wildman–Crippen LogP) is 0.909. The Bertz CT molecular complexity index is 306. The lowest BCUT2D eigenvalue weighted by Crippen LogP contribution is -2.51. The molecule has 0 radical (unpaired) electrons. The Morgan fingerprint density at radius 3 is 2.32 bits per heavy atom. The van der Waals surface area contributed by atoms with Crippen LogP contribution in [0, 0.1) is 5.92 Å². The highest BCUT2D eigenvalue weighted by Crippen LogP contribution is 2.24. The predicted molar refractivity (Wildman–Crippen MR) is 78.1 cm³/mol. The van der Waals surface area contributed by atoms with Gasteiger partial charge < -0.3 is 16.0 Å². The summed E-state index contributed by atoms with van der Waals surface area (Å²) in [4.78, 5) is 25.5. The number of carbonyl (C=O) groups excluding carboxylic acids is 2. The minimum absolute atomic E-state index is 0. The quantitative estimate of drug-likeness (QED) is 0.764. The summed E-state index contributed by atoms with van der Waals surface area (Å²) < 4.78 is 0. The van der Waals surface area contributed by atoms with Crippen LogP contribution in [0.15, 0.2) is 0 Å². The van der Waals surface area contributed by atoms with Crippen LogP contribution in [0.3, 0.4) is 0 Å². The molecular formula is C13H26ClN3O2. The maximum Gasteiger partial charge on any atom is 0.242 e. The Morgan fingerprint density at radius 1 is 1.37 bits per heavy atom. The van der Waals surface area contributed by atoms with Crippen molar-refractivity contribution in [2.75, 3.05) is 13.1 Å². The molecule has 1 rings (SSSR count). The Labute approximate surface area is 121 Å². The van der Waals surface area contributed by atoms with Gasteiger partial charge in [-0.05, 0) is 32.1 Å². The molecule has 0 saturated heterocycles. The molecule has 112 valence electrons. The van der Waals surface area contributed by atoms with Crippen LogP contribution in [0.25, 0.3) is 0 Å². The third-order valence-electron chi connectivity index (χ3n) is 3.61. The van der Waals surface area contributed by atoms with E-state index >= 15 is 0 Å². The first-order valence-corrected chi connectivity index (χ1v) is 6.80. The molecule has 0 spiro atoms. The van der Waals surface area contributed by atoms with Gasteiger partial charge in [-0.1, -0.05) is 13.8 Å². The second kappa shape index (κ2) is 8.38. The zero-order chi connectivity index (χ0) is 13.7. The number of hydrogen-bond donors (Lipinski definition) is 2. The summed E-state index contributed by atoms with van der Waals surface area (Å²) in [6.45, 7) is 6.51. The van der Waals surface area contributed by atoms with Gasteiger partial charge >= 0.3 is 0 Å². The number of hydrogen-bond acceptors (Lipinski definition) is 3. The lowest BCUT2D eigenvalue weighted by molar-refractivity contribution is -0.136. The molecule has 5 nitrogen and oxygen atoms in total. The normalized spacial score (nSPS) is 16.3. The Balaban J connectivity index is 0.00000324. The topological polar surface area (TPSA) is 75.4 Å². The highest BCUT2D eigenvalue weighted by molar-refractivity contribution is 5.87. The van der Waals surface area contributed by atoms with Gasteiger partial charge in [0.2, 0.25) is 11.8 Å². The van der Waals surface area contributed by atoms with Gasteiger partial charge in [-0.25, -0.2) is 0 Å². The number of halogens is 1. The molecule has 2 amide bonds. The number of amides is 2. The Hall–Kier alpha value is -0.810. The molecule has 1 fully saturated rings. The van der Waals surface area contributed by atoms with Crippen molar-refractivity contribution in [2.24, 2.45) is 11.7 Å². The van der Waals surface area contributed by atoms with E-state index in [1.165, 1.54) is 6.42 Å². The smallest absolute Gasteiger partial charge is 0.242 e. The van der Waals surface area contributed by atoms with Gasteiger partial charge in [-0.15, -0.1) is 12.4 Å². The van der Waals surface area contributed by atoms with E-state index in [0.717, 1.165) is 12.8 Å². The molecule has 1 saturated carbocycles. The van der Waals surface area contributed by atoms with Gasteiger partial charge in [-0.2, -0.15) is 0 Å². The summed E-state index contributed by atoms with van der Waals surface area (Å²) >= 11 is 0. The molecule has 0 bridgehead atoms. The standard InChI is InChI=1S/C13H25N3O2.ClH/c1-4-16(10-6-5-7-10)11(17)8-15-13(18)12(14)9(2)3;/h9-10,12H,4-8,14H2,1-3H3,(H,15,18);1H/t12-;/m0./s1. The van der Waals surface area contributed by atoms with Crippen molar-refractivity contribution in [3.8, 4) is 0 Å². The van der Waals surface area contributed by atoms with Crippen LogP contribution in [0.5, 0.6) is 0 Å². The number of likely N-dealkylation sites (N-methyl/N-ethyl adjacent to an activating group) is 1.